The van der Waals surface area contributed by atoms with Gasteiger partial charge in [-0.3, -0.25) is 14.4 Å². The lowest BCUT2D eigenvalue weighted by Crippen LogP contribution is -2.54. The number of ether oxygens (including phenoxy) is 4. The molecule has 3 atom stereocenters. The zero-order valence-electron chi connectivity index (χ0n) is 12.4. The summed E-state index contributed by atoms with van der Waals surface area (Å²) in [5.74, 6) is -1.39. The molecule has 1 saturated carbocycles. The van der Waals surface area contributed by atoms with Gasteiger partial charge in [0, 0.05) is 27.2 Å². The van der Waals surface area contributed by atoms with Crippen molar-refractivity contribution < 1.29 is 33.3 Å². The second kappa shape index (κ2) is 6.01. The Balaban J connectivity index is 2.13. The maximum absolute atomic E-state index is 11.3. The Kier molecular flexibility index (Phi) is 4.51. The normalized spacial score (nSPS) is 29.6. The quantitative estimate of drug-likeness (QED) is 0.558. The predicted molar refractivity (Wildman–Crippen MR) is 69.2 cm³/mol. The van der Waals surface area contributed by atoms with Crippen LogP contribution in [0, 0.1) is 0 Å². The summed E-state index contributed by atoms with van der Waals surface area (Å²) in [6.07, 6.45) is 0.224. The van der Waals surface area contributed by atoms with E-state index in [2.05, 4.69) is 0 Å². The van der Waals surface area contributed by atoms with E-state index in [-0.39, 0.29) is 12.2 Å². The van der Waals surface area contributed by atoms with Gasteiger partial charge in [0.2, 0.25) is 0 Å². The second-order valence-corrected chi connectivity index (χ2v) is 5.57. The first kappa shape index (κ1) is 15.8. The molecule has 2 aliphatic rings. The van der Waals surface area contributed by atoms with Gasteiger partial charge in [-0.25, -0.2) is 0 Å². The first-order valence-electron chi connectivity index (χ1n) is 6.97. The highest BCUT2D eigenvalue weighted by Gasteiger charge is 2.56. The van der Waals surface area contributed by atoms with E-state index in [9.17, 15) is 14.4 Å². The second-order valence-electron chi connectivity index (χ2n) is 5.57. The van der Waals surface area contributed by atoms with Crippen LogP contribution in [0.5, 0.6) is 0 Å². The summed E-state index contributed by atoms with van der Waals surface area (Å²) in [4.78, 5) is 33.5. The molecule has 118 valence electrons. The Hall–Kier alpha value is -1.63. The molecule has 0 N–H and O–H groups in total. The molecule has 1 aliphatic carbocycles. The summed E-state index contributed by atoms with van der Waals surface area (Å²) >= 11 is 0. The smallest absolute Gasteiger partial charge is 0.303 e. The Morgan fingerprint density at radius 3 is 2.14 bits per heavy atom. The third-order valence-electron chi connectivity index (χ3n) is 3.59. The maximum Gasteiger partial charge on any atom is 0.303 e. The highest BCUT2D eigenvalue weighted by atomic mass is 16.6. The lowest BCUT2D eigenvalue weighted by atomic mass is 9.96. The molecule has 0 aromatic heterocycles. The molecule has 0 aromatic carbocycles. The first-order chi connectivity index (χ1) is 9.81. The van der Waals surface area contributed by atoms with Gasteiger partial charge in [0.25, 0.3) is 0 Å². The van der Waals surface area contributed by atoms with Gasteiger partial charge >= 0.3 is 17.9 Å². The van der Waals surface area contributed by atoms with E-state index in [4.69, 9.17) is 18.9 Å². The van der Waals surface area contributed by atoms with Crippen molar-refractivity contribution in [3.8, 4) is 0 Å². The fourth-order valence-corrected chi connectivity index (χ4v) is 2.61. The van der Waals surface area contributed by atoms with Gasteiger partial charge in [-0.1, -0.05) is 0 Å². The van der Waals surface area contributed by atoms with Gasteiger partial charge < -0.3 is 18.9 Å². The summed E-state index contributed by atoms with van der Waals surface area (Å²) in [6.45, 7) is 3.84. The zero-order valence-corrected chi connectivity index (χ0v) is 12.4. The van der Waals surface area contributed by atoms with Gasteiger partial charge in [0.1, 0.15) is 18.8 Å². The molecule has 21 heavy (non-hydrogen) atoms. The minimum atomic E-state index is -0.767. The number of carbonyl (C=O) groups excluding carboxylic acids is 3. The van der Waals surface area contributed by atoms with Crippen molar-refractivity contribution in [1.82, 2.24) is 0 Å². The predicted octanol–water partition coefficient (Wildman–Crippen LogP) is 0.734. The van der Waals surface area contributed by atoms with Crippen molar-refractivity contribution in [3.63, 3.8) is 0 Å². The van der Waals surface area contributed by atoms with Crippen LogP contribution in [0.3, 0.4) is 0 Å². The molecule has 2 rings (SSSR count). The summed E-state index contributed by atoms with van der Waals surface area (Å²) in [7, 11) is 0. The molecule has 0 radical (unpaired) electrons. The van der Waals surface area contributed by atoms with Crippen LogP contribution in [0.15, 0.2) is 0 Å². The van der Waals surface area contributed by atoms with Gasteiger partial charge in [-0.05, 0) is 12.8 Å². The molecule has 1 saturated heterocycles. The lowest BCUT2D eigenvalue weighted by molar-refractivity contribution is -0.220. The molecule has 0 bridgehead atoms. The van der Waals surface area contributed by atoms with Crippen molar-refractivity contribution in [2.24, 2.45) is 0 Å². The number of carbonyl (C=O) groups is 3. The zero-order chi connectivity index (χ0) is 15.6. The largest absolute Gasteiger partial charge is 0.463 e. The third kappa shape index (κ3) is 4.17. The highest BCUT2D eigenvalue weighted by Crippen LogP contribution is 2.49. The van der Waals surface area contributed by atoms with Crippen LogP contribution in [0.1, 0.15) is 40.0 Å². The van der Waals surface area contributed by atoms with Crippen LogP contribution >= 0.6 is 0 Å². The fraction of sp³-hybridized carbons (Fsp3) is 0.786. The van der Waals surface area contributed by atoms with E-state index in [1.54, 1.807) is 0 Å². The topological polar surface area (TPSA) is 88.1 Å². The number of hydrogen-bond acceptors (Lipinski definition) is 7. The van der Waals surface area contributed by atoms with Gasteiger partial charge in [-0.15, -0.1) is 0 Å². The van der Waals surface area contributed by atoms with Crippen LogP contribution in [-0.2, 0) is 33.3 Å². The minimum absolute atomic E-state index is 0.0349. The Morgan fingerprint density at radius 1 is 1.05 bits per heavy atom. The molecule has 2 fully saturated rings. The minimum Gasteiger partial charge on any atom is -0.463 e. The summed E-state index contributed by atoms with van der Waals surface area (Å²) in [5, 5.41) is 0. The molecule has 7 heteroatoms. The fourth-order valence-electron chi connectivity index (χ4n) is 2.61. The summed E-state index contributed by atoms with van der Waals surface area (Å²) in [5.41, 5.74) is -0.346. The SMILES string of the molecule is CC(=O)OC[C@H]1OC2(CC2)C[C@@H](OC(C)=O)[C@H]1OC(C)=O. The van der Waals surface area contributed by atoms with E-state index in [1.807, 2.05) is 0 Å². The Morgan fingerprint density at radius 2 is 1.67 bits per heavy atom. The third-order valence-corrected chi connectivity index (χ3v) is 3.59. The molecule has 7 nitrogen and oxygen atoms in total. The van der Waals surface area contributed by atoms with E-state index in [0.717, 1.165) is 12.8 Å². The van der Waals surface area contributed by atoms with Crippen LogP contribution in [0.4, 0.5) is 0 Å². The van der Waals surface area contributed by atoms with Crippen molar-refractivity contribution >= 4 is 17.9 Å². The van der Waals surface area contributed by atoms with Gasteiger partial charge in [0.15, 0.2) is 6.10 Å². The van der Waals surface area contributed by atoms with Crippen molar-refractivity contribution in [1.29, 1.82) is 0 Å². The highest BCUT2D eigenvalue weighted by molar-refractivity contribution is 5.67. The Labute approximate surface area is 122 Å². The van der Waals surface area contributed by atoms with Gasteiger partial charge in [-0.2, -0.15) is 0 Å². The van der Waals surface area contributed by atoms with E-state index in [1.165, 1.54) is 20.8 Å². The maximum atomic E-state index is 11.3. The van der Waals surface area contributed by atoms with Gasteiger partial charge in [0.05, 0.1) is 5.60 Å². The standard InChI is InChI=1S/C14H20O7/c1-8(15)18-7-12-13(20-10(3)17)11(19-9(2)16)6-14(21-12)4-5-14/h11-13H,4-7H2,1-3H3/t11-,12-,13-/m1/s1. The number of hydrogen-bond donors (Lipinski definition) is 0. The molecule has 1 heterocycles. The first-order valence-corrected chi connectivity index (χ1v) is 6.97. The molecule has 0 amide bonds. The number of esters is 3. The van der Waals surface area contributed by atoms with Crippen LogP contribution < -0.4 is 0 Å². The van der Waals surface area contributed by atoms with Crippen molar-refractivity contribution in [2.75, 3.05) is 6.61 Å². The van der Waals surface area contributed by atoms with E-state index < -0.39 is 36.2 Å². The lowest BCUT2D eigenvalue weighted by Gasteiger charge is -2.40. The molecule has 0 unspecified atom stereocenters. The number of rotatable bonds is 4. The summed E-state index contributed by atoms with van der Waals surface area (Å²) in [6, 6.07) is 0. The van der Waals surface area contributed by atoms with Crippen LogP contribution in [-0.4, -0.2) is 48.4 Å². The summed E-state index contributed by atoms with van der Waals surface area (Å²) < 4.78 is 21.4. The van der Waals surface area contributed by atoms with Crippen molar-refractivity contribution in [2.45, 2.75) is 63.9 Å². The van der Waals surface area contributed by atoms with E-state index >= 15 is 0 Å². The molecular formula is C14H20O7. The van der Waals surface area contributed by atoms with Crippen molar-refractivity contribution in [3.05, 3.63) is 0 Å². The average molecular weight is 300 g/mol. The van der Waals surface area contributed by atoms with E-state index in [0.29, 0.717) is 6.42 Å². The monoisotopic (exact) mass is 300 g/mol. The van der Waals surface area contributed by atoms with Crippen LogP contribution in [0.2, 0.25) is 0 Å². The Bertz CT molecular complexity index is 441. The average Bonchev–Trinajstić information content (AvgIpc) is 3.08. The molecule has 0 aromatic rings. The molecule has 1 aliphatic heterocycles. The molecular weight excluding hydrogens is 280 g/mol. The molecule has 1 spiro atoms. The van der Waals surface area contributed by atoms with Crippen LogP contribution in [0.25, 0.3) is 0 Å².